The number of hydrogen-bond donors (Lipinski definition) is 3. The summed E-state index contributed by atoms with van der Waals surface area (Å²) in [4.78, 5) is 6.81. The third kappa shape index (κ3) is 3.81. The number of aromatic amines is 1. The molecule has 3 N–H and O–H groups in total. The zero-order chi connectivity index (χ0) is 15.3. The Kier molecular flexibility index (Phi) is 4.94. The van der Waals surface area contributed by atoms with E-state index in [0.717, 1.165) is 5.56 Å². The molecule has 21 heavy (non-hydrogen) atoms. The van der Waals surface area contributed by atoms with Gasteiger partial charge < -0.3 is 15.0 Å². The van der Waals surface area contributed by atoms with Crippen molar-refractivity contribution in [3.8, 4) is 5.75 Å². The molecule has 0 spiro atoms. The number of benzene rings is 1. The van der Waals surface area contributed by atoms with Crippen molar-refractivity contribution < 1.29 is 13.2 Å². The van der Waals surface area contributed by atoms with Gasteiger partial charge in [0.2, 0.25) is 10.0 Å². The molecule has 1 heterocycles. The van der Waals surface area contributed by atoms with Gasteiger partial charge in [0.15, 0.2) is 0 Å². The maximum atomic E-state index is 12.4. The monoisotopic (exact) mass is 310 g/mol. The van der Waals surface area contributed by atoms with Gasteiger partial charge in [-0.1, -0.05) is 6.07 Å². The average molecular weight is 310 g/mol. The number of imidazole rings is 1. The van der Waals surface area contributed by atoms with Crippen LogP contribution in [0.3, 0.4) is 0 Å². The molecule has 0 fully saturated rings. The summed E-state index contributed by atoms with van der Waals surface area (Å²) < 4.78 is 32.5. The minimum absolute atomic E-state index is 0.122. The number of aromatic nitrogens is 2. The number of sulfonamides is 1. The Labute approximate surface area is 123 Å². The Hall–Kier alpha value is -1.90. The van der Waals surface area contributed by atoms with Crippen LogP contribution in [-0.2, 0) is 23.1 Å². The SMILES string of the molecule is CNCc1ccc(OC)c(S(=O)(=O)NCc2cnc[nH]2)c1. The molecule has 0 unspecified atom stereocenters. The minimum Gasteiger partial charge on any atom is -0.495 e. The first-order valence-corrected chi connectivity index (χ1v) is 7.83. The molecule has 2 rings (SSSR count). The van der Waals surface area contributed by atoms with E-state index in [1.165, 1.54) is 13.4 Å². The highest BCUT2D eigenvalue weighted by Crippen LogP contribution is 2.24. The lowest BCUT2D eigenvalue weighted by molar-refractivity contribution is 0.402. The van der Waals surface area contributed by atoms with Gasteiger partial charge in [0.1, 0.15) is 10.6 Å². The summed E-state index contributed by atoms with van der Waals surface area (Å²) in [6.45, 7) is 0.717. The van der Waals surface area contributed by atoms with Crippen LogP contribution in [0.15, 0.2) is 35.6 Å². The van der Waals surface area contributed by atoms with E-state index in [-0.39, 0.29) is 11.4 Å². The zero-order valence-electron chi connectivity index (χ0n) is 11.9. The number of methoxy groups -OCH3 is 1. The van der Waals surface area contributed by atoms with E-state index in [9.17, 15) is 8.42 Å². The predicted octanol–water partition coefficient (Wildman–Crippen LogP) is 0.616. The van der Waals surface area contributed by atoms with Gasteiger partial charge in [-0.05, 0) is 24.7 Å². The highest BCUT2D eigenvalue weighted by atomic mass is 32.2. The van der Waals surface area contributed by atoms with Crippen molar-refractivity contribution in [2.24, 2.45) is 0 Å². The van der Waals surface area contributed by atoms with Crippen LogP contribution in [0.4, 0.5) is 0 Å². The van der Waals surface area contributed by atoms with Crippen molar-refractivity contribution in [1.29, 1.82) is 0 Å². The van der Waals surface area contributed by atoms with Gasteiger partial charge in [-0.25, -0.2) is 18.1 Å². The first kappa shape index (κ1) is 15.5. The molecule has 0 aliphatic carbocycles. The van der Waals surface area contributed by atoms with Gasteiger partial charge in [0, 0.05) is 18.4 Å². The third-order valence-electron chi connectivity index (χ3n) is 2.91. The molecule has 8 heteroatoms. The van der Waals surface area contributed by atoms with Crippen LogP contribution in [0.1, 0.15) is 11.3 Å². The fraction of sp³-hybridized carbons (Fsp3) is 0.308. The summed E-state index contributed by atoms with van der Waals surface area (Å²) in [5.41, 5.74) is 1.55. The molecular weight excluding hydrogens is 292 g/mol. The lowest BCUT2D eigenvalue weighted by Gasteiger charge is -2.12. The topological polar surface area (TPSA) is 96.1 Å². The molecule has 0 aliphatic heterocycles. The van der Waals surface area contributed by atoms with E-state index in [2.05, 4.69) is 20.0 Å². The maximum Gasteiger partial charge on any atom is 0.244 e. The summed E-state index contributed by atoms with van der Waals surface area (Å²) in [6.07, 6.45) is 3.06. The summed E-state index contributed by atoms with van der Waals surface area (Å²) in [6, 6.07) is 5.07. The van der Waals surface area contributed by atoms with Crippen molar-refractivity contribution >= 4 is 10.0 Å². The number of H-pyrrole nitrogens is 1. The number of nitrogens with zero attached hydrogens (tertiary/aromatic N) is 1. The average Bonchev–Trinajstić information content (AvgIpc) is 2.99. The molecule has 0 saturated carbocycles. The fourth-order valence-electron chi connectivity index (χ4n) is 1.88. The van der Waals surface area contributed by atoms with E-state index in [4.69, 9.17) is 4.74 Å². The molecule has 1 aromatic heterocycles. The zero-order valence-corrected chi connectivity index (χ0v) is 12.7. The molecule has 0 amide bonds. The lowest BCUT2D eigenvalue weighted by atomic mass is 10.2. The van der Waals surface area contributed by atoms with Gasteiger partial charge in [-0.15, -0.1) is 0 Å². The van der Waals surface area contributed by atoms with E-state index in [1.54, 1.807) is 25.4 Å². The largest absolute Gasteiger partial charge is 0.495 e. The molecule has 0 saturated heterocycles. The smallest absolute Gasteiger partial charge is 0.244 e. The summed E-state index contributed by atoms with van der Waals surface area (Å²) in [7, 11) is -0.425. The normalized spacial score (nSPS) is 11.5. The van der Waals surface area contributed by atoms with Crippen molar-refractivity contribution in [2.75, 3.05) is 14.2 Å². The quantitative estimate of drug-likeness (QED) is 0.696. The van der Waals surface area contributed by atoms with Gasteiger partial charge in [0.05, 0.1) is 20.0 Å². The molecule has 0 aliphatic rings. The third-order valence-corrected chi connectivity index (χ3v) is 4.33. The number of ether oxygens (including phenoxy) is 1. The Morgan fingerprint density at radius 2 is 2.14 bits per heavy atom. The predicted molar refractivity (Wildman–Crippen MR) is 78.4 cm³/mol. The van der Waals surface area contributed by atoms with Crippen molar-refractivity contribution in [3.63, 3.8) is 0 Å². The van der Waals surface area contributed by atoms with Crippen LogP contribution >= 0.6 is 0 Å². The Balaban J connectivity index is 2.26. The molecule has 1 aromatic carbocycles. The minimum atomic E-state index is -3.67. The molecule has 114 valence electrons. The van der Waals surface area contributed by atoms with Crippen molar-refractivity contribution in [1.82, 2.24) is 20.0 Å². The first-order valence-electron chi connectivity index (χ1n) is 6.35. The molecule has 0 bridgehead atoms. The second-order valence-corrected chi connectivity index (χ2v) is 6.15. The second-order valence-electron chi connectivity index (χ2n) is 4.42. The maximum absolute atomic E-state index is 12.4. The van der Waals surface area contributed by atoms with Gasteiger partial charge in [0.25, 0.3) is 0 Å². The standard InChI is InChI=1S/C13H18N4O3S/c1-14-6-10-3-4-12(20-2)13(5-10)21(18,19)17-8-11-7-15-9-16-11/h3-5,7,9,14,17H,6,8H2,1-2H3,(H,15,16). The van der Waals surface area contributed by atoms with Crippen LogP contribution in [0.25, 0.3) is 0 Å². The van der Waals surface area contributed by atoms with Crippen LogP contribution in [-0.4, -0.2) is 32.5 Å². The lowest BCUT2D eigenvalue weighted by Crippen LogP contribution is -2.24. The molecular formula is C13H18N4O3S. The van der Waals surface area contributed by atoms with E-state index in [1.807, 2.05) is 6.07 Å². The van der Waals surface area contributed by atoms with Crippen LogP contribution in [0.5, 0.6) is 5.75 Å². The molecule has 7 nitrogen and oxygen atoms in total. The number of hydrogen-bond acceptors (Lipinski definition) is 5. The summed E-state index contributed by atoms with van der Waals surface area (Å²) in [5, 5.41) is 2.99. The number of rotatable bonds is 7. The second kappa shape index (κ2) is 6.70. The van der Waals surface area contributed by atoms with Crippen molar-refractivity contribution in [3.05, 3.63) is 42.0 Å². The fourth-order valence-corrected chi connectivity index (χ4v) is 3.10. The van der Waals surface area contributed by atoms with E-state index >= 15 is 0 Å². The molecule has 0 radical (unpaired) electrons. The van der Waals surface area contributed by atoms with E-state index < -0.39 is 10.0 Å². The highest BCUT2D eigenvalue weighted by molar-refractivity contribution is 7.89. The molecule has 2 aromatic rings. The molecule has 0 atom stereocenters. The van der Waals surface area contributed by atoms with Crippen LogP contribution < -0.4 is 14.8 Å². The van der Waals surface area contributed by atoms with Gasteiger partial charge in [-0.3, -0.25) is 0 Å². The van der Waals surface area contributed by atoms with Gasteiger partial charge >= 0.3 is 0 Å². The van der Waals surface area contributed by atoms with Gasteiger partial charge in [-0.2, -0.15) is 0 Å². The van der Waals surface area contributed by atoms with Crippen LogP contribution in [0, 0.1) is 0 Å². The van der Waals surface area contributed by atoms with Crippen LogP contribution in [0.2, 0.25) is 0 Å². The summed E-state index contributed by atoms with van der Waals surface area (Å²) >= 11 is 0. The number of nitrogens with one attached hydrogen (secondary N) is 3. The first-order chi connectivity index (χ1) is 10.1. The Morgan fingerprint density at radius 3 is 2.76 bits per heavy atom. The van der Waals surface area contributed by atoms with Crippen molar-refractivity contribution in [2.45, 2.75) is 18.0 Å². The summed E-state index contributed by atoms with van der Waals surface area (Å²) in [5.74, 6) is 0.312. The highest BCUT2D eigenvalue weighted by Gasteiger charge is 2.20. The Bertz CT molecular complexity index is 683. The van der Waals surface area contributed by atoms with E-state index in [0.29, 0.717) is 18.0 Å². The Morgan fingerprint density at radius 1 is 1.33 bits per heavy atom.